The molecule has 80 valence electrons. The summed E-state index contributed by atoms with van der Waals surface area (Å²) in [6.45, 7) is 7.30. The fraction of sp³-hybridized carbons (Fsp3) is 1.00. The van der Waals surface area contributed by atoms with Gasteiger partial charge in [0, 0.05) is 32.2 Å². The molecule has 1 saturated carbocycles. The molecule has 1 saturated heterocycles. The van der Waals surface area contributed by atoms with E-state index in [0.29, 0.717) is 0 Å². The monoisotopic (exact) mass is 226 g/mol. The van der Waals surface area contributed by atoms with Crippen LogP contribution in [0.5, 0.6) is 0 Å². The van der Waals surface area contributed by atoms with Crippen molar-refractivity contribution in [3.63, 3.8) is 0 Å². The van der Waals surface area contributed by atoms with Crippen molar-refractivity contribution < 1.29 is 0 Å². The molecule has 13 heavy (non-hydrogen) atoms. The van der Waals surface area contributed by atoms with Crippen molar-refractivity contribution in [2.24, 2.45) is 5.92 Å². The Balaban J connectivity index is 0.000000720. The van der Waals surface area contributed by atoms with Crippen LogP contribution in [-0.4, -0.2) is 37.1 Å². The molecule has 0 bridgehead atoms. The molecule has 0 aromatic carbocycles. The summed E-state index contributed by atoms with van der Waals surface area (Å²) in [6, 6.07) is 0.858. The normalized spacial score (nSPS) is 25.6. The highest BCUT2D eigenvalue weighted by molar-refractivity contribution is 5.85. The largest absolute Gasteiger partial charge is 0.314 e. The maximum atomic E-state index is 3.39. The van der Waals surface area contributed by atoms with Crippen LogP contribution >= 0.6 is 24.8 Å². The van der Waals surface area contributed by atoms with Gasteiger partial charge in [-0.25, -0.2) is 0 Å². The molecular weight excluding hydrogens is 207 g/mol. The Labute approximate surface area is 93.3 Å². The minimum atomic E-state index is 0. The molecule has 1 N–H and O–H groups in total. The van der Waals surface area contributed by atoms with E-state index in [1.165, 1.54) is 39.0 Å². The topological polar surface area (TPSA) is 15.3 Å². The molecule has 4 heteroatoms. The molecular formula is C9H20Cl2N2. The van der Waals surface area contributed by atoms with Crippen molar-refractivity contribution in [1.82, 2.24) is 10.2 Å². The fourth-order valence-corrected chi connectivity index (χ4v) is 1.97. The lowest BCUT2D eigenvalue weighted by atomic mass is 10.1. The highest BCUT2D eigenvalue weighted by Gasteiger charge is 2.31. The van der Waals surface area contributed by atoms with Crippen LogP contribution in [0.25, 0.3) is 0 Å². The predicted molar refractivity (Wildman–Crippen MR) is 61.1 cm³/mol. The highest BCUT2D eigenvalue weighted by Crippen LogP contribution is 2.34. The predicted octanol–water partition coefficient (Wildman–Crippen LogP) is 1.53. The van der Waals surface area contributed by atoms with Crippen molar-refractivity contribution in [3.8, 4) is 0 Å². The van der Waals surface area contributed by atoms with Crippen LogP contribution in [0.4, 0.5) is 0 Å². The number of nitrogens with zero attached hydrogens (tertiary/aromatic N) is 1. The van der Waals surface area contributed by atoms with E-state index in [0.717, 1.165) is 12.0 Å². The van der Waals surface area contributed by atoms with Crippen LogP contribution in [0, 0.1) is 5.92 Å². The van der Waals surface area contributed by atoms with Crippen molar-refractivity contribution in [1.29, 1.82) is 0 Å². The van der Waals surface area contributed by atoms with Gasteiger partial charge in [-0.05, 0) is 25.7 Å². The van der Waals surface area contributed by atoms with Gasteiger partial charge in [-0.2, -0.15) is 0 Å². The quantitative estimate of drug-likeness (QED) is 0.769. The molecule has 2 nitrogen and oxygen atoms in total. The molecule has 2 rings (SSSR count). The van der Waals surface area contributed by atoms with Crippen molar-refractivity contribution in [3.05, 3.63) is 0 Å². The molecule has 0 radical (unpaired) electrons. The van der Waals surface area contributed by atoms with Gasteiger partial charge in [-0.1, -0.05) is 0 Å². The molecule has 0 aromatic rings. The summed E-state index contributed by atoms with van der Waals surface area (Å²) in [5.74, 6) is 1.04. The van der Waals surface area contributed by atoms with Crippen LogP contribution in [-0.2, 0) is 0 Å². The summed E-state index contributed by atoms with van der Waals surface area (Å²) in [5.41, 5.74) is 0. The van der Waals surface area contributed by atoms with Gasteiger partial charge in [0.25, 0.3) is 0 Å². The van der Waals surface area contributed by atoms with Crippen molar-refractivity contribution >= 4 is 24.8 Å². The second kappa shape index (κ2) is 6.07. The van der Waals surface area contributed by atoms with Crippen LogP contribution < -0.4 is 5.32 Å². The first kappa shape index (κ1) is 13.5. The van der Waals surface area contributed by atoms with Crippen molar-refractivity contribution in [2.75, 3.05) is 26.2 Å². The van der Waals surface area contributed by atoms with E-state index in [9.17, 15) is 0 Å². The SMILES string of the molecule is CC(C1CC1)N1CCNCC1.Cl.Cl. The Morgan fingerprint density at radius 3 is 2.15 bits per heavy atom. The van der Waals surface area contributed by atoms with Crippen molar-refractivity contribution in [2.45, 2.75) is 25.8 Å². The van der Waals surface area contributed by atoms with Gasteiger partial charge in [-0.15, -0.1) is 24.8 Å². The van der Waals surface area contributed by atoms with Gasteiger partial charge in [0.05, 0.1) is 0 Å². The lowest BCUT2D eigenvalue weighted by Crippen LogP contribution is -2.48. The smallest absolute Gasteiger partial charge is 0.0110 e. The first-order valence-corrected chi connectivity index (χ1v) is 4.82. The Bertz CT molecular complexity index is 134. The standard InChI is InChI=1S/C9H18N2.2ClH/c1-8(9-2-3-9)11-6-4-10-5-7-11;;/h8-10H,2-7H2,1H3;2*1H. The Hall–Kier alpha value is 0.500. The average molecular weight is 227 g/mol. The number of hydrogen-bond acceptors (Lipinski definition) is 2. The molecule has 0 spiro atoms. The van der Waals surface area contributed by atoms with Gasteiger partial charge in [0.15, 0.2) is 0 Å². The van der Waals surface area contributed by atoms with E-state index in [1.54, 1.807) is 0 Å². The first-order chi connectivity index (χ1) is 5.38. The molecule has 1 aliphatic heterocycles. The summed E-state index contributed by atoms with van der Waals surface area (Å²) in [4.78, 5) is 2.63. The zero-order valence-electron chi connectivity index (χ0n) is 8.16. The van der Waals surface area contributed by atoms with Crippen LogP contribution in [0.15, 0.2) is 0 Å². The second-order valence-electron chi connectivity index (χ2n) is 3.86. The van der Waals surface area contributed by atoms with Gasteiger partial charge in [0.2, 0.25) is 0 Å². The van der Waals surface area contributed by atoms with Crippen LogP contribution in [0.3, 0.4) is 0 Å². The molecule has 2 fully saturated rings. The van der Waals surface area contributed by atoms with E-state index in [-0.39, 0.29) is 24.8 Å². The number of nitrogens with one attached hydrogen (secondary N) is 1. The van der Waals surface area contributed by atoms with Gasteiger partial charge < -0.3 is 5.32 Å². The number of piperazine rings is 1. The Kier molecular flexibility index (Phi) is 6.31. The molecule has 1 unspecified atom stereocenters. The Morgan fingerprint density at radius 2 is 1.69 bits per heavy atom. The third-order valence-corrected chi connectivity index (χ3v) is 3.03. The maximum Gasteiger partial charge on any atom is 0.0110 e. The third-order valence-electron chi connectivity index (χ3n) is 3.03. The number of hydrogen-bond donors (Lipinski definition) is 1. The van der Waals surface area contributed by atoms with Gasteiger partial charge in [-0.3, -0.25) is 4.90 Å². The Morgan fingerprint density at radius 1 is 1.15 bits per heavy atom. The van der Waals surface area contributed by atoms with E-state index in [4.69, 9.17) is 0 Å². The number of halogens is 2. The minimum absolute atomic E-state index is 0. The van der Waals surface area contributed by atoms with Gasteiger partial charge in [0.1, 0.15) is 0 Å². The zero-order valence-corrected chi connectivity index (χ0v) is 9.79. The van der Waals surface area contributed by atoms with Crippen LogP contribution in [0.1, 0.15) is 19.8 Å². The van der Waals surface area contributed by atoms with Gasteiger partial charge >= 0.3 is 0 Å². The molecule has 1 aliphatic carbocycles. The summed E-state index contributed by atoms with van der Waals surface area (Å²) in [7, 11) is 0. The van der Waals surface area contributed by atoms with Crippen LogP contribution in [0.2, 0.25) is 0 Å². The average Bonchev–Trinajstić information content (AvgIpc) is 2.87. The maximum absolute atomic E-state index is 3.39. The molecule has 1 atom stereocenters. The molecule has 1 heterocycles. The molecule has 0 amide bonds. The van der Waals surface area contributed by atoms with E-state index < -0.39 is 0 Å². The molecule has 0 aromatic heterocycles. The minimum Gasteiger partial charge on any atom is -0.314 e. The molecule has 2 aliphatic rings. The van der Waals surface area contributed by atoms with E-state index in [1.807, 2.05) is 0 Å². The summed E-state index contributed by atoms with van der Waals surface area (Å²) in [6.07, 6.45) is 2.95. The summed E-state index contributed by atoms with van der Waals surface area (Å²) < 4.78 is 0. The first-order valence-electron chi connectivity index (χ1n) is 4.82. The fourth-order valence-electron chi connectivity index (χ4n) is 1.97. The summed E-state index contributed by atoms with van der Waals surface area (Å²) in [5, 5.41) is 3.39. The summed E-state index contributed by atoms with van der Waals surface area (Å²) >= 11 is 0. The van der Waals surface area contributed by atoms with E-state index in [2.05, 4.69) is 17.1 Å². The third kappa shape index (κ3) is 3.62. The lowest BCUT2D eigenvalue weighted by Gasteiger charge is -2.32. The number of rotatable bonds is 2. The second-order valence-corrected chi connectivity index (χ2v) is 3.86. The lowest BCUT2D eigenvalue weighted by molar-refractivity contribution is 0.168. The highest BCUT2D eigenvalue weighted by atomic mass is 35.5. The zero-order chi connectivity index (χ0) is 7.68. The van der Waals surface area contributed by atoms with E-state index >= 15 is 0 Å².